The Morgan fingerprint density at radius 1 is 1.30 bits per heavy atom. The minimum Gasteiger partial charge on any atom is -0.493 e. The zero-order valence-electron chi connectivity index (χ0n) is 12.0. The molecule has 5 heteroatoms. The Bertz CT molecular complexity index is 533. The van der Waals surface area contributed by atoms with E-state index in [1.165, 1.54) is 0 Å². The van der Waals surface area contributed by atoms with Crippen LogP contribution in [0.1, 0.15) is 36.8 Å². The highest BCUT2D eigenvalue weighted by Crippen LogP contribution is 2.48. The first-order valence-electron chi connectivity index (χ1n) is 6.63. The first-order chi connectivity index (χ1) is 9.47. The third kappa shape index (κ3) is 2.18. The summed E-state index contributed by atoms with van der Waals surface area (Å²) in [6.07, 6.45) is 3.23. The van der Waals surface area contributed by atoms with Crippen molar-refractivity contribution in [3.8, 4) is 11.5 Å². The second-order valence-corrected chi connectivity index (χ2v) is 5.99. The molecule has 0 heterocycles. The van der Waals surface area contributed by atoms with Crippen LogP contribution in [0, 0.1) is 6.92 Å². The molecule has 0 unspecified atom stereocenters. The second-order valence-electron chi connectivity index (χ2n) is 5.19. The molecule has 0 bridgehead atoms. The molecule has 0 amide bonds. The summed E-state index contributed by atoms with van der Waals surface area (Å²) >= 11 is 3.51. The zero-order chi connectivity index (χ0) is 14.9. The number of benzene rings is 1. The fourth-order valence-electron chi connectivity index (χ4n) is 3.12. The lowest BCUT2D eigenvalue weighted by Crippen LogP contribution is -2.33. The van der Waals surface area contributed by atoms with Gasteiger partial charge in [0, 0.05) is 0 Å². The highest BCUT2D eigenvalue weighted by molar-refractivity contribution is 9.10. The van der Waals surface area contributed by atoms with E-state index in [4.69, 9.17) is 9.47 Å². The number of aliphatic carboxylic acids is 1. The summed E-state index contributed by atoms with van der Waals surface area (Å²) < 4.78 is 11.5. The van der Waals surface area contributed by atoms with Crippen LogP contribution in [-0.2, 0) is 10.2 Å². The number of carbonyl (C=O) groups is 1. The van der Waals surface area contributed by atoms with E-state index in [9.17, 15) is 9.90 Å². The van der Waals surface area contributed by atoms with Gasteiger partial charge in [0.15, 0.2) is 11.5 Å². The summed E-state index contributed by atoms with van der Waals surface area (Å²) in [5.74, 6) is 0.414. The van der Waals surface area contributed by atoms with Gasteiger partial charge < -0.3 is 14.6 Å². The Morgan fingerprint density at radius 3 is 2.35 bits per heavy atom. The number of hydrogen-bond donors (Lipinski definition) is 1. The molecule has 1 aromatic rings. The van der Waals surface area contributed by atoms with Gasteiger partial charge in [0.05, 0.1) is 24.1 Å². The summed E-state index contributed by atoms with van der Waals surface area (Å²) in [5, 5.41) is 9.74. The van der Waals surface area contributed by atoms with Crippen molar-refractivity contribution in [2.75, 3.05) is 14.2 Å². The molecule has 0 atom stereocenters. The zero-order valence-corrected chi connectivity index (χ0v) is 13.5. The number of rotatable bonds is 4. The van der Waals surface area contributed by atoms with Gasteiger partial charge in [-0.15, -0.1) is 0 Å². The molecule has 4 nitrogen and oxygen atoms in total. The predicted molar refractivity (Wildman–Crippen MR) is 79.8 cm³/mol. The number of carboxylic acid groups (broad SMARTS) is 1. The van der Waals surface area contributed by atoms with Crippen LogP contribution in [0.25, 0.3) is 0 Å². The van der Waals surface area contributed by atoms with Crippen molar-refractivity contribution in [3.05, 3.63) is 21.7 Å². The lowest BCUT2D eigenvalue weighted by Gasteiger charge is -2.28. The maximum atomic E-state index is 11.9. The van der Waals surface area contributed by atoms with Gasteiger partial charge in [0.25, 0.3) is 0 Å². The minimum atomic E-state index is -0.799. The second kappa shape index (κ2) is 5.64. The van der Waals surface area contributed by atoms with Crippen molar-refractivity contribution in [2.45, 2.75) is 38.0 Å². The lowest BCUT2D eigenvalue weighted by molar-refractivity contribution is -0.143. The summed E-state index contributed by atoms with van der Waals surface area (Å²) in [5.41, 5.74) is 0.936. The fraction of sp³-hybridized carbons (Fsp3) is 0.533. The molecular formula is C15H19BrO4. The third-order valence-electron chi connectivity index (χ3n) is 4.24. The standard InChI is InChI=1S/C15H19BrO4/c1-9-10(15(14(17)18)6-4-5-7-15)8-11(19-2)13(20-3)12(9)16/h8H,4-7H2,1-3H3,(H,17,18). The van der Waals surface area contributed by atoms with Gasteiger partial charge in [-0.05, 0) is 52.9 Å². The molecule has 110 valence electrons. The summed E-state index contributed by atoms with van der Waals surface area (Å²) in [4.78, 5) is 11.9. The summed E-state index contributed by atoms with van der Waals surface area (Å²) in [6, 6.07) is 1.82. The van der Waals surface area contributed by atoms with E-state index in [-0.39, 0.29) is 0 Å². The van der Waals surface area contributed by atoms with Gasteiger partial charge in [-0.3, -0.25) is 4.79 Å². The van der Waals surface area contributed by atoms with Gasteiger partial charge in [-0.1, -0.05) is 12.8 Å². The molecule has 1 aromatic carbocycles. The molecule has 0 spiro atoms. The van der Waals surface area contributed by atoms with E-state index in [2.05, 4.69) is 15.9 Å². The molecule has 0 aliphatic heterocycles. The Balaban J connectivity index is 2.68. The minimum absolute atomic E-state index is 0.563. The van der Waals surface area contributed by atoms with Crippen LogP contribution >= 0.6 is 15.9 Å². The molecule has 0 saturated heterocycles. The number of carboxylic acids is 1. The van der Waals surface area contributed by atoms with Crippen molar-refractivity contribution in [3.63, 3.8) is 0 Å². The summed E-state index contributed by atoms with van der Waals surface area (Å²) in [6.45, 7) is 1.92. The van der Waals surface area contributed by atoms with E-state index < -0.39 is 11.4 Å². The Hall–Kier alpha value is -1.23. The molecule has 1 aliphatic rings. The normalized spacial score (nSPS) is 17.0. The molecule has 1 fully saturated rings. The smallest absolute Gasteiger partial charge is 0.314 e. The van der Waals surface area contributed by atoms with Crippen LogP contribution in [0.15, 0.2) is 10.5 Å². The average molecular weight is 343 g/mol. The quantitative estimate of drug-likeness (QED) is 0.906. The van der Waals surface area contributed by atoms with Crippen LogP contribution < -0.4 is 9.47 Å². The van der Waals surface area contributed by atoms with Gasteiger partial charge in [0.1, 0.15) is 0 Å². The molecule has 0 radical (unpaired) electrons. The molecular weight excluding hydrogens is 324 g/mol. The van der Waals surface area contributed by atoms with Crippen molar-refractivity contribution >= 4 is 21.9 Å². The van der Waals surface area contributed by atoms with Crippen LogP contribution in [0.4, 0.5) is 0 Å². The van der Waals surface area contributed by atoms with Crippen LogP contribution in [0.3, 0.4) is 0 Å². The Kier molecular flexibility index (Phi) is 4.28. The Morgan fingerprint density at radius 2 is 1.90 bits per heavy atom. The van der Waals surface area contributed by atoms with E-state index in [1.807, 2.05) is 13.0 Å². The first-order valence-corrected chi connectivity index (χ1v) is 7.42. The number of halogens is 1. The molecule has 2 rings (SSSR count). The van der Waals surface area contributed by atoms with Crippen LogP contribution in [-0.4, -0.2) is 25.3 Å². The molecule has 1 aliphatic carbocycles. The molecule has 1 N–H and O–H groups in total. The maximum absolute atomic E-state index is 11.9. The highest BCUT2D eigenvalue weighted by Gasteiger charge is 2.44. The topological polar surface area (TPSA) is 55.8 Å². The van der Waals surface area contributed by atoms with Gasteiger partial charge in [-0.2, -0.15) is 0 Å². The van der Waals surface area contributed by atoms with Gasteiger partial charge in [0.2, 0.25) is 0 Å². The van der Waals surface area contributed by atoms with Crippen LogP contribution in [0.5, 0.6) is 11.5 Å². The number of methoxy groups -OCH3 is 2. The van der Waals surface area contributed by atoms with Crippen LogP contribution in [0.2, 0.25) is 0 Å². The predicted octanol–water partition coefficient (Wildman–Crippen LogP) is 3.67. The maximum Gasteiger partial charge on any atom is 0.314 e. The Labute approximate surface area is 127 Å². The third-order valence-corrected chi connectivity index (χ3v) is 5.19. The van der Waals surface area contributed by atoms with E-state index >= 15 is 0 Å². The summed E-state index contributed by atoms with van der Waals surface area (Å²) in [7, 11) is 3.13. The average Bonchev–Trinajstić information content (AvgIpc) is 2.92. The fourth-order valence-corrected chi connectivity index (χ4v) is 3.69. The monoisotopic (exact) mass is 342 g/mol. The van der Waals surface area contributed by atoms with Gasteiger partial charge in [-0.25, -0.2) is 0 Å². The van der Waals surface area contributed by atoms with E-state index in [1.54, 1.807) is 14.2 Å². The van der Waals surface area contributed by atoms with Gasteiger partial charge >= 0.3 is 5.97 Å². The van der Waals surface area contributed by atoms with Crippen molar-refractivity contribution in [1.29, 1.82) is 0 Å². The largest absolute Gasteiger partial charge is 0.493 e. The number of hydrogen-bond acceptors (Lipinski definition) is 3. The SMILES string of the molecule is COc1cc(C2(C(=O)O)CCCC2)c(C)c(Br)c1OC. The van der Waals surface area contributed by atoms with Crippen molar-refractivity contribution in [1.82, 2.24) is 0 Å². The molecule has 20 heavy (non-hydrogen) atoms. The molecule has 0 aromatic heterocycles. The first kappa shape index (κ1) is 15.2. The van der Waals surface area contributed by atoms with E-state index in [0.717, 1.165) is 28.4 Å². The van der Waals surface area contributed by atoms with Crippen molar-refractivity contribution in [2.24, 2.45) is 0 Å². The molecule has 1 saturated carbocycles. The van der Waals surface area contributed by atoms with Crippen molar-refractivity contribution < 1.29 is 19.4 Å². The highest BCUT2D eigenvalue weighted by atomic mass is 79.9. The number of ether oxygens (including phenoxy) is 2. The lowest BCUT2D eigenvalue weighted by atomic mass is 9.76. The van der Waals surface area contributed by atoms with E-state index in [0.29, 0.717) is 24.3 Å².